The van der Waals surface area contributed by atoms with E-state index in [1.807, 2.05) is 0 Å². The molecule has 0 spiro atoms. The van der Waals surface area contributed by atoms with Crippen LogP contribution >= 0.6 is 11.6 Å². The zero-order valence-electron chi connectivity index (χ0n) is 18.0. The Bertz CT molecular complexity index is 1190. The van der Waals surface area contributed by atoms with Gasteiger partial charge in [-0.3, -0.25) is 14.9 Å². The molecular formula is C24H21ClN2O6. The number of amides is 4. The lowest BCUT2D eigenvalue weighted by Crippen LogP contribution is -2.54. The van der Waals surface area contributed by atoms with Gasteiger partial charge in [0.15, 0.2) is 6.61 Å². The Morgan fingerprint density at radius 3 is 2.61 bits per heavy atom. The number of rotatable bonds is 7. The molecule has 2 aromatic rings. The average Bonchev–Trinajstić information content (AvgIpc) is 2.78. The van der Waals surface area contributed by atoms with Crippen molar-refractivity contribution in [3.8, 4) is 5.75 Å². The van der Waals surface area contributed by atoms with Crippen molar-refractivity contribution in [2.75, 3.05) is 18.6 Å². The lowest BCUT2D eigenvalue weighted by molar-refractivity contribution is -0.143. The average molecular weight is 469 g/mol. The van der Waals surface area contributed by atoms with Crippen molar-refractivity contribution in [3.63, 3.8) is 0 Å². The molecule has 33 heavy (non-hydrogen) atoms. The summed E-state index contributed by atoms with van der Waals surface area (Å²) >= 11 is 6.14. The number of barbiturate groups is 1. The van der Waals surface area contributed by atoms with Crippen LogP contribution in [0.25, 0.3) is 6.08 Å². The van der Waals surface area contributed by atoms with E-state index in [-0.39, 0.29) is 17.9 Å². The Kier molecular flexibility index (Phi) is 7.30. The second kappa shape index (κ2) is 10.1. The molecule has 170 valence electrons. The number of esters is 1. The van der Waals surface area contributed by atoms with E-state index in [9.17, 15) is 19.2 Å². The van der Waals surface area contributed by atoms with Gasteiger partial charge in [0.1, 0.15) is 11.3 Å². The third kappa shape index (κ3) is 5.30. The molecule has 0 bridgehead atoms. The Hall–Kier alpha value is -3.91. The molecule has 8 nitrogen and oxygen atoms in total. The van der Waals surface area contributed by atoms with Gasteiger partial charge in [-0.25, -0.2) is 14.5 Å². The van der Waals surface area contributed by atoms with Crippen LogP contribution in [0.3, 0.4) is 0 Å². The van der Waals surface area contributed by atoms with Crippen LogP contribution < -0.4 is 15.0 Å². The number of halogens is 1. The van der Waals surface area contributed by atoms with Gasteiger partial charge in [0.25, 0.3) is 11.8 Å². The van der Waals surface area contributed by atoms with Gasteiger partial charge in [-0.15, -0.1) is 6.58 Å². The van der Waals surface area contributed by atoms with Crippen molar-refractivity contribution in [1.82, 2.24) is 5.32 Å². The molecule has 2 aromatic carbocycles. The van der Waals surface area contributed by atoms with E-state index in [1.165, 1.54) is 19.3 Å². The summed E-state index contributed by atoms with van der Waals surface area (Å²) in [5.74, 6) is -1.68. The van der Waals surface area contributed by atoms with E-state index >= 15 is 0 Å². The monoisotopic (exact) mass is 468 g/mol. The Morgan fingerprint density at radius 1 is 1.18 bits per heavy atom. The van der Waals surface area contributed by atoms with Crippen molar-refractivity contribution in [2.24, 2.45) is 0 Å². The van der Waals surface area contributed by atoms with Crippen molar-refractivity contribution < 1.29 is 28.7 Å². The number of ether oxygens (including phenoxy) is 2. The van der Waals surface area contributed by atoms with Crippen molar-refractivity contribution in [2.45, 2.75) is 13.3 Å². The van der Waals surface area contributed by atoms with E-state index in [2.05, 4.69) is 16.6 Å². The molecule has 1 fully saturated rings. The van der Waals surface area contributed by atoms with E-state index in [0.717, 1.165) is 10.5 Å². The van der Waals surface area contributed by atoms with Crippen LogP contribution in [-0.2, 0) is 25.5 Å². The predicted molar refractivity (Wildman–Crippen MR) is 123 cm³/mol. The highest BCUT2D eigenvalue weighted by Gasteiger charge is 2.37. The summed E-state index contributed by atoms with van der Waals surface area (Å²) in [5, 5.41) is 2.56. The number of carbonyl (C=O) groups excluding carboxylic acids is 4. The molecule has 1 saturated heterocycles. The quantitative estimate of drug-likeness (QED) is 0.288. The van der Waals surface area contributed by atoms with Crippen LogP contribution in [0.1, 0.15) is 16.7 Å². The minimum Gasteiger partial charge on any atom is -0.482 e. The van der Waals surface area contributed by atoms with Crippen LogP contribution in [0.15, 0.2) is 54.6 Å². The Balaban J connectivity index is 1.95. The summed E-state index contributed by atoms with van der Waals surface area (Å²) in [5.41, 5.74) is 2.00. The van der Waals surface area contributed by atoms with E-state index in [0.29, 0.717) is 28.3 Å². The molecule has 0 saturated carbocycles. The Morgan fingerprint density at radius 2 is 1.94 bits per heavy atom. The van der Waals surface area contributed by atoms with Gasteiger partial charge in [-0.1, -0.05) is 29.8 Å². The summed E-state index contributed by atoms with van der Waals surface area (Å²) in [6.07, 6.45) is 3.45. The van der Waals surface area contributed by atoms with Crippen LogP contribution in [-0.4, -0.2) is 37.5 Å². The molecule has 1 N–H and O–H groups in total. The maximum atomic E-state index is 13.1. The van der Waals surface area contributed by atoms with Crippen LogP contribution in [0.5, 0.6) is 5.75 Å². The summed E-state index contributed by atoms with van der Waals surface area (Å²) in [6.45, 7) is 5.23. The lowest BCUT2D eigenvalue weighted by Gasteiger charge is -2.26. The topological polar surface area (TPSA) is 102 Å². The molecule has 9 heteroatoms. The normalized spacial score (nSPS) is 14.8. The summed E-state index contributed by atoms with van der Waals surface area (Å²) in [4.78, 5) is 50.1. The number of imide groups is 2. The summed E-state index contributed by atoms with van der Waals surface area (Å²) in [6, 6.07) is 8.80. The van der Waals surface area contributed by atoms with Crippen LogP contribution in [0.4, 0.5) is 10.5 Å². The van der Waals surface area contributed by atoms with Gasteiger partial charge in [0.05, 0.1) is 12.8 Å². The van der Waals surface area contributed by atoms with E-state index in [1.54, 1.807) is 43.3 Å². The summed E-state index contributed by atoms with van der Waals surface area (Å²) < 4.78 is 10.1. The van der Waals surface area contributed by atoms with Crippen LogP contribution in [0, 0.1) is 6.92 Å². The first-order chi connectivity index (χ1) is 15.7. The smallest absolute Gasteiger partial charge is 0.343 e. The van der Waals surface area contributed by atoms with Gasteiger partial charge in [-0.05, 0) is 60.4 Å². The molecule has 1 heterocycles. The minimum absolute atomic E-state index is 0.223. The molecule has 0 aromatic heterocycles. The maximum Gasteiger partial charge on any atom is 0.343 e. The fraction of sp³-hybridized carbons (Fsp3) is 0.167. The maximum absolute atomic E-state index is 13.1. The number of nitrogens with one attached hydrogen (secondary N) is 1. The fourth-order valence-electron chi connectivity index (χ4n) is 3.12. The highest BCUT2D eigenvalue weighted by atomic mass is 35.5. The molecule has 4 amide bonds. The first-order valence-corrected chi connectivity index (χ1v) is 10.2. The van der Waals surface area contributed by atoms with Crippen molar-refractivity contribution in [1.29, 1.82) is 0 Å². The molecule has 0 radical (unpaired) electrons. The Labute approximate surface area is 195 Å². The number of anilines is 1. The number of aryl methyl sites for hydroxylation is 1. The van der Waals surface area contributed by atoms with Crippen molar-refractivity contribution >= 4 is 47.2 Å². The number of allylic oxidation sites excluding steroid dienone is 1. The number of benzene rings is 2. The minimum atomic E-state index is -0.860. The number of methoxy groups -OCH3 is 1. The van der Waals surface area contributed by atoms with Crippen molar-refractivity contribution in [3.05, 3.63) is 76.3 Å². The second-order valence-corrected chi connectivity index (χ2v) is 7.52. The SMILES string of the molecule is C=CCc1cc(/C=C2/C(=O)NC(=O)N(c3ccc(C)c(Cl)c3)C2=O)ccc1OCC(=O)OC. The standard InChI is InChI=1S/C24H21ClN2O6/c1-4-5-16-10-15(7-9-20(16)33-13-21(28)32-3)11-18-22(29)26-24(31)27(23(18)30)17-8-6-14(2)19(25)12-17/h4,6-12H,1,5,13H2,2-3H3,(H,26,29,31)/b18-11-. The number of carbonyl (C=O) groups is 4. The molecule has 0 unspecified atom stereocenters. The number of hydrogen-bond donors (Lipinski definition) is 1. The number of nitrogens with zero attached hydrogens (tertiary/aromatic N) is 1. The first kappa shape index (κ1) is 23.7. The van der Waals surface area contributed by atoms with Gasteiger partial charge in [0.2, 0.25) is 0 Å². The molecule has 0 aliphatic carbocycles. The molecule has 1 aliphatic heterocycles. The lowest BCUT2D eigenvalue weighted by atomic mass is 10.0. The third-order valence-electron chi connectivity index (χ3n) is 4.85. The van der Waals surface area contributed by atoms with Gasteiger partial charge >= 0.3 is 12.0 Å². The summed E-state index contributed by atoms with van der Waals surface area (Å²) in [7, 11) is 1.26. The first-order valence-electron chi connectivity index (χ1n) is 9.86. The largest absolute Gasteiger partial charge is 0.482 e. The number of urea groups is 1. The molecule has 1 aliphatic rings. The third-order valence-corrected chi connectivity index (χ3v) is 5.26. The zero-order valence-corrected chi connectivity index (χ0v) is 18.8. The molecular weight excluding hydrogens is 448 g/mol. The predicted octanol–water partition coefficient (Wildman–Crippen LogP) is 3.60. The van der Waals surface area contributed by atoms with Gasteiger partial charge in [0, 0.05) is 5.02 Å². The fourth-order valence-corrected chi connectivity index (χ4v) is 3.29. The second-order valence-electron chi connectivity index (χ2n) is 7.12. The molecule has 3 rings (SSSR count). The van der Waals surface area contributed by atoms with E-state index in [4.69, 9.17) is 16.3 Å². The van der Waals surface area contributed by atoms with Crippen LogP contribution in [0.2, 0.25) is 5.02 Å². The highest BCUT2D eigenvalue weighted by Crippen LogP contribution is 2.28. The van der Waals surface area contributed by atoms with Gasteiger partial charge < -0.3 is 9.47 Å². The van der Waals surface area contributed by atoms with E-state index < -0.39 is 23.8 Å². The zero-order chi connectivity index (χ0) is 24.1. The number of hydrogen-bond acceptors (Lipinski definition) is 6. The van der Waals surface area contributed by atoms with Gasteiger partial charge in [-0.2, -0.15) is 0 Å². The highest BCUT2D eigenvalue weighted by molar-refractivity contribution is 6.39. The molecule has 0 atom stereocenters.